The molecule has 0 bridgehead atoms. The second-order valence-corrected chi connectivity index (χ2v) is 6.01. The molecule has 1 aromatic rings. The van der Waals surface area contributed by atoms with Gasteiger partial charge in [-0.05, 0) is 62.5 Å². The summed E-state index contributed by atoms with van der Waals surface area (Å²) < 4.78 is 13.5. The second kappa shape index (κ2) is 6.61. The Morgan fingerprint density at radius 3 is 2.65 bits per heavy atom. The Morgan fingerprint density at radius 2 is 2.10 bits per heavy atom. The quantitative estimate of drug-likeness (QED) is 0.835. The average molecular weight is 296 g/mol. The van der Waals surface area contributed by atoms with Crippen LogP contribution < -0.4 is 5.73 Å². The van der Waals surface area contributed by atoms with Crippen molar-refractivity contribution >= 4 is 17.2 Å². The number of benzene rings is 1. The van der Waals surface area contributed by atoms with Crippen LogP contribution in [0.5, 0.6) is 0 Å². The van der Waals surface area contributed by atoms with Crippen molar-refractivity contribution in [1.29, 1.82) is 0 Å². The molecule has 1 unspecified atom stereocenters. The number of aliphatic hydroxyl groups excluding tert-OH is 1. The molecular weight excluding hydrogens is 275 g/mol. The van der Waals surface area contributed by atoms with Crippen LogP contribution in [0.1, 0.15) is 30.9 Å². The van der Waals surface area contributed by atoms with E-state index in [4.69, 9.17) is 18.0 Å². The molecule has 1 aliphatic heterocycles. The van der Waals surface area contributed by atoms with Crippen LogP contribution in [-0.2, 0) is 6.54 Å². The smallest absolute Gasteiger partial charge is 0.124 e. The Bertz CT molecular complexity index is 485. The van der Waals surface area contributed by atoms with Gasteiger partial charge in [-0.2, -0.15) is 0 Å². The number of rotatable bonds is 4. The van der Waals surface area contributed by atoms with Crippen LogP contribution in [0.25, 0.3) is 0 Å². The predicted octanol–water partition coefficient (Wildman–Crippen LogP) is 2.05. The van der Waals surface area contributed by atoms with Gasteiger partial charge in [0.1, 0.15) is 10.8 Å². The molecular formula is C15H21FN2OS. The number of nitrogens with two attached hydrogens (primary N) is 1. The van der Waals surface area contributed by atoms with Crippen molar-refractivity contribution in [3.05, 3.63) is 35.1 Å². The van der Waals surface area contributed by atoms with Gasteiger partial charge in [0.2, 0.25) is 0 Å². The molecule has 0 aromatic heterocycles. The maximum absolute atomic E-state index is 13.5. The van der Waals surface area contributed by atoms with Gasteiger partial charge in [-0.3, -0.25) is 4.90 Å². The van der Waals surface area contributed by atoms with Crippen LogP contribution in [-0.4, -0.2) is 34.2 Å². The van der Waals surface area contributed by atoms with Crippen molar-refractivity contribution in [1.82, 2.24) is 4.90 Å². The molecule has 20 heavy (non-hydrogen) atoms. The normalized spacial score (nSPS) is 18.9. The van der Waals surface area contributed by atoms with E-state index in [-0.39, 0.29) is 16.9 Å². The van der Waals surface area contributed by atoms with Gasteiger partial charge < -0.3 is 10.8 Å². The number of hydrogen-bond donors (Lipinski definition) is 2. The van der Waals surface area contributed by atoms with Gasteiger partial charge >= 0.3 is 0 Å². The Labute approximate surface area is 124 Å². The molecule has 1 fully saturated rings. The molecule has 1 atom stereocenters. The summed E-state index contributed by atoms with van der Waals surface area (Å²) in [5.41, 5.74) is 7.03. The highest BCUT2D eigenvalue weighted by Crippen LogP contribution is 2.22. The molecule has 0 saturated carbocycles. The summed E-state index contributed by atoms with van der Waals surface area (Å²) in [6, 6.07) is 4.75. The third-order valence-electron chi connectivity index (χ3n) is 3.96. The lowest BCUT2D eigenvalue weighted by atomic mass is 9.92. The summed E-state index contributed by atoms with van der Waals surface area (Å²) in [5.74, 6) is 0.0788. The van der Waals surface area contributed by atoms with Gasteiger partial charge in [-0.25, -0.2) is 4.39 Å². The first kappa shape index (κ1) is 15.4. The fraction of sp³-hybridized carbons (Fsp3) is 0.533. The van der Waals surface area contributed by atoms with Crippen molar-refractivity contribution in [3.63, 3.8) is 0 Å². The highest BCUT2D eigenvalue weighted by molar-refractivity contribution is 7.80. The van der Waals surface area contributed by atoms with E-state index in [1.165, 1.54) is 12.1 Å². The van der Waals surface area contributed by atoms with Crippen LogP contribution in [0.3, 0.4) is 0 Å². The largest absolute Gasteiger partial charge is 0.393 e. The van der Waals surface area contributed by atoms with E-state index in [0.717, 1.165) is 31.5 Å². The van der Waals surface area contributed by atoms with Gasteiger partial charge in [-0.15, -0.1) is 0 Å². The first-order valence-electron chi connectivity index (χ1n) is 6.95. The third-order valence-corrected chi connectivity index (χ3v) is 4.20. The molecule has 110 valence electrons. The molecule has 0 aliphatic carbocycles. The molecule has 1 heterocycles. The van der Waals surface area contributed by atoms with Crippen molar-refractivity contribution in [2.75, 3.05) is 13.1 Å². The van der Waals surface area contributed by atoms with Crippen LogP contribution in [0, 0.1) is 11.7 Å². The van der Waals surface area contributed by atoms with Gasteiger partial charge in [-0.1, -0.05) is 12.2 Å². The Morgan fingerprint density at radius 1 is 1.45 bits per heavy atom. The zero-order valence-corrected chi connectivity index (χ0v) is 12.5. The molecule has 0 radical (unpaired) electrons. The van der Waals surface area contributed by atoms with E-state index in [2.05, 4.69) is 4.90 Å². The van der Waals surface area contributed by atoms with Crippen LogP contribution >= 0.6 is 12.2 Å². The lowest BCUT2D eigenvalue weighted by Gasteiger charge is -2.33. The molecule has 3 N–H and O–H groups in total. The monoisotopic (exact) mass is 296 g/mol. The highest BCUT2D eigenvalue weighted by Gasteiger charge is 2.22. The Hall–Kier alpha value is -1.04. The lowest BCUT2D eigenvalue weighted by Crippen LogP contribution is -2.36. The lowest BCUT2D eigenvalue weighted by molar-refractivity contribution is 0.0695. The Balaban J connectivity index is 1.99. The molecule has 0 spiro atoms. The third kappa shape index (κ3) is 3.98. The number of aliphatic hydroxyl groups is 1. The fourth-order valence-corrected chi connectivity index (χ4v) is 2.85. The molecule has 2 rings (SSSR count). The molecule has 1 aromatic carbocycles. The number of nitrogens with zero attached hydrogens (tertiary/aromatic N) is 1. The molecule has 3 nitrogen and oxygen atoms in total. The minimum Gasteiger partial charge on any atom is -0.393 e. The van der Waals surface area contributed by atoms with E-state index in [1.54, 1.807) is 0 Å². The average Bonchev–Trinajstić information content (AvgIpc) is 2.38. The topological polar surface area (TPSA) is 49.5 Å². The minimum atomic E-state index is -0.302. The predicted molar refractivity (Wildman–Crippen MR) is 82.0 cm³/mol. The zero-order valence-electron chi connectivity index (χ0n) is 11.7. The van der Waals surface area contributed by atoms with Crippen LogP contribution in [0.4, 0.5) is 4.39 Å². The summed E-state index contributed by atoms with van der Waals surface area (Å²) in [5, 5.41) is 9.59. The molecule has 1 saturated heterocycles. The zero-order chi connectivity index (χ0) is 14.7. The summed E-state index contributed by atoms with van der Waals surface area (Å²) in [7, 11) is 0. The van der Waals surface area contributed by atoms with E-state index in [0.29, 0.717) is 18.0 Å². The summed E-state index contributed by atoms with van der Waals surface area (Å²) in [6.45, 7) is 4.39. The van der Waals surface area contributed by atoms with Gasteiger partial charge in [0, 0.05) is 12.1 Å². The van der Waals surface area contributed by atoms with E-state index in [9.17, 15) is 9.50 Å². The SMILES string of the molecule is CC(O)C1CCN(Cc2cc(F)cc(C(N)=S)c2)CC1. The number of halogens is 1. The highest BCUT2D eigenvalue weighted by atomic mass is 32.1. The maximum Gasteiger partial charge on any atom is 0.124 e. The summed E-state index contributed by atoms with van der Waals surface area (Å²) >= 11 is 4.90. The number of likely N-dealkylation sites (tertiary alicyclic amines) is 1. The van der Waals surface area contributed by atoms with E-state index in [1.807, 2.05) is 13.0 Å². The maximum atomic E-state index is 13.5. The first-order valence-corrected chi connectivity index (χ1v) is 7.36. The number of hydrogen-bond acceptors (Lipinski definition) is 3. The molecule has 1 aliphatic rings. The number of piperidine rings is 1. The fourth-order valence-electron chi connectivity index (χ4n) is 2.74. The molecule has 5 heteroatoms. The summed E-state index contributed by atoms with van der Waals surface area (Å²) in [6.07, 6.45) is 1.72. The van der Waals surface area contributed by atoms with Gasteiger partial charge in [0.25, 0.3) is 0 Å². The van der Waals surface area contributed by atoms with Gasteiger partial charge in [0.05, 0.1) is 6.10 Å². The van der Waals surface area contributed by atoms with Gasteiger partial charge in [0.15, 0.2) is 0 Å². The number of thiocarbonyl (C=S) groups is 1. The van der Waals surface area contributed by atoms with Crippen molar-refractivity contribution in [2.45, 2.75) is 32.4 Å². The first-order chi connectivity index (χ1) is 9.45. The van der Waals surface area contributed by atoms with Crippen LogP contribution in [0.15, 0.2) is 18.2 Å². The van der Waals surface area contributed by atoms with Crippen molar-refractivity contribution in [2.24, 2.45) is 11.7 Å². The van der Waals surface area contributed by atoms with E-state index < -0.39 is 0 Å². The Kier molecular flexibility index (Phi) is 5.07. The second-order valence-electron chi connectivity index (χ2n) is 5.57. The van der Waals surface area contributed by atoms with Crippen LogP contribution in [0.2, 0.25) is 0 Å². The minimum absolute atomic E-state index is 0.221. The molecule has 0 amide bonds. The van der Waals surface area contributed by atoms with Crippen molar-refractivity contribution < 1.29 is 9.50 Å². The van der Waals surface area contributed by atoms with E-state index >= 15 is 0 Å². The standard InChI is InChI=1S/C15H21FN2OS/c1-10(19)12-2-4-18(5-3-12)9-11-6-13(15(17)20)8-14(16)7-11/h6-8,10,12,19H,2-5,9H2,1H3,(H2,17,20). The summed E-state index contributed by atoms with van der Waals surface area (Å²) in [4.78, 5) is 2.50. The van der Waals surface area contributed by atoms with Crippen molar-refractivity contribution in [3.8, 4) is 0 Å².